The first-order valence-electron chi connectivity index (χ1n) is 23.2. The lowest BCUT2D eigenvalue weighted by molar-refractivity contribution is -0.549. The van der Waals surface area contributed by atoms with E-state index in [1.54, 1.807) is 43.7 Å². The molecule has 0 spiro atoms. The van der Waals surface area contributed by atoms with E-state index in [1.807, 2.05) is 72.0 Å². The number of aryl methyl sites for hydroxylation is 2. The highest BCUT2D eigenvalue weighted by molar-refractivity contribution is 8.01. The Balaban J connectivity index is 0.962. The van der Waals surface area contributed by atoms with Crippen LogP contribution in [0.1, 0.15) is 85.2 Å². The summed E-state index contributed by atoms with van der Waals surface area (Å²) in [6.45, 7) is 17.2. The molecule has 2 N–H and O–H groups in total. The number of methoxy groups -OCH3 is 2. The molecule has 2 saturated heterocycles. The van der Waals surface area contributed by atoms with Crippen LogP contribution in [0.4, 0.5) is 10.3 Å². The minimum atomic E-state index is -0.747. The number of carbonyl (C=O) groups excluding carboxylic acids is 6. The van der Waals surface area contributed by atoms with Gasteiger partial charge in [0, 0.05) is 61.1 Å². The molecule has 4 aliphatic rings. The van der Waals surface area contributed by atoms with E-state index in [2.05, 4.69) is 22.2 Å². The molecule has 2 aliphatic carbocycles. The number of amides is 6. The summed E-state index contributed by atoms with van der Waals surface area (Å²) in [5, 5.41) is 7.05. The zero-order chi connectivity index (χ0) is 50.2. The van der Waals surface area contributed by atoms with Gasteiger partial charge in [-0.2, -0.15) is 4.57 Å². The van der Waals surface area contributed by atoms with Gasteiger partial charge in [0.15, 0.2) is 5.13 Å². The van der Waals surface area contributed by atoms with Gasteiger partial charge >= 0.3 is 11.0 Å². The summed E-state index contributed by atoms with van der Waals surface area (Å²) in [6, 6.07) is 7.37. The number of ether oxygens (including phenoxy) is 2. The van der Waals surface area contributed by atoms with Gasteiger partial charge in [-0.3, -0.25) is 24.0 Å². The number of hydrogen-bond donors (Lipinski definition) is 2. The summed E-state index contributed by atoms with van der Waals surface area (Å²) >= 11 is 5.67. The standard InChI is InChI=1S/C50H58N8O8S4/c1-10-39(59)57-19-18-56(28-49(57,4)5)45(63)33-23-38(30(3)21-35(33)65-8)68-42-26-54(48(70-42)53-44(62)32-13-14-32)16-15-40(60)55-17-20-58(50(6,7)27-55)46(64)34-24-37(29(2)22-36(34)66-9)67-41-25-51-47(69-41)52-43(61)31-11-12-31/h10,15-16,21-26,31-32H,1,11-14,17-20,27-28H2,2-9H3,(H,51,52,61)/p+1/b16-15+. The minimum absolute atomic E-state index is 0.00205. The zero-order valence-electron chi connectivity index (χ0n) is 40.7. The monoisotopic (exact) mass is 1030 g/mol. The summed E-state index contributed by atoms with van der Waals surface area (Å²) < 4.78 is 14.9. The maximum atomic E-state index is 14.4. The van der Waals surface area contributed by atoms with E-state index in [-0.39, 0.29) is 60.4 Å². The first-order valence-corrected chi connectivity index (χ1v) is 26.4. The Morgan fingerprint density at radius 2 is 1.27 bits per heavy atom. The van der Waals surface area contributed by atoms with E-state index in [1.165, 1.54) is 65.5 Å². The molecule has 20 heteroatoms. The number of benzene rings is 2. The molecule has 0 atom stereocenters. The average molecular weight is 1030 g/mol. The lowest BCUT2D eigenvalue weighted by atomic mass is 9.96. The molecule has 8 rings (SSSR count). The SMILES string of the molecule is C=CC(=O)N1CCN(C(=O)c2cc(Sc3c[n+](/C=C/C(=O)N4CCN(C(=O)c5cc(Sc6cnc(NC(=O)C7CC7)s6)c(C)cc5OC)C(C)(C)C4)c(NC(=O)C4CC4)s3)c(C)cc2OC)CC1(C)C. The van der Waals surface area contributed by atoms with E-state index in [0.717, 1.165) is 55.0 Å². The van der Waals surface area contributed by atoms with Gasteiger partial charge in [-0.15, -0.1) is 0 Å². The smallest absolute Gasteiger partial charge is 0.347 e. The van der Waals surface area contributed by atoms with Crippen LogP contribution >= 0.6 is 46.2 Å². The van der Waals surface area contributed by atoms with Crippen molar-refractivity contribution in [1.82, 2.24) is 24.6 Å². The number of carbonyl (C=O) groups is 6. The summed E-state index contributed by atoms with van der Waals surface area (Å²) in [5.41, 5.74) is 1.27. The first-order chi connectivity index (χ1) is 33.3. The van der Waals surface area contributed by atoms with E-state index in [0.29, 0.717) is 59.1 Å². The molecule has 4 aromatic rings. The van der Waals surface area contributed by atoms with Crippen LogP contribution < -0.4 is 24.7 Å². The molecule has 370 valence electrons. The normalized spacial score (nSPS) is 17.6. The fourth-order valence-corrected chi connectivity index (χ4v) is 12.8. The van der Waals surface area contributed by atoms with E-state index >= 15 is 0 Å². The van der Waals surface area contributed by atoms with Crippen molar-refractivity contribution in [2.45, 2.75) is 96.5 Å². The summed E-state index contributed by atoms with van der Waals surface area (Å²) in [5.74, 6) is -0.00787. The number of nitrogens with one attached hydrogen (secondary N) is 2. The molecule has 4 fully saturated rings. The molecule has 16 nitrogen and oxygen atoms in total. The van der Waals surface area contributed by atoms with Gasteiger partial charge < -0.3 is 34.4 Å². The number of nitrogens with zero attached hydrogens (tertiary/aromatic N) is 6. The first kappa shape index (κ1) is 50.7. The third-order valence-electron chi connectivity index (χ3n) is 12.9. The van der Waals surface area contributed by atoms with E-state index in [4.69, 9.17) is 9.47 Å². The van der Waals surface area contributed by atoms with E-state index < -0.39 is 11.1 Å². The van der Waals surface area contributed by atoms with Crippen molar-refractivity contribution in [3.8, 4) is 11.5 Å². The molecule has 70 heavy (non-hydrogen) atoms. The second kappa shape index (κ2) is 20.6. The number of thiazole rings is 2. The van der Waals surface area contributed by atoms with Crippen LogP contribution in [0.15, 0.2) is 73.6 Å². The van der Waals surface area contributed by atoms with Crippen molar-refractivity contribution >= 4 is 98.1 Å². The molecule has 0 radical (unpaired) electrons. The van der Waals surface area contributed by atoms with Crippen molar-refractivity contribution in [2.75, 3.05) is 64.1 Å². The van der Waals surface area contributed by atoms with Gasteiger partial charge in [0.2, 0.25) is 17.7 Å². The van der Waals surface area contributed by atoms with Crippen molar-refractivity contribution in [1.29, 1.82) is 0 Å². The quantitative estimate of drug-likeness (QED) is 0.0887. The Labute approximate surface area is 424 Å². The molecule has 0 bridgehead atoms. The van der Waals surface area contributed by atoms with Crippen LogP contribution in [0.3, 0.4) is 0 Å². The second-order valence-electron chi connectivity index (χ2n) is 19.2. The maximum Gasteiger partial charge on any atom is 0.347 e. The highest BCUT2D eigenvalue weighted by Crippen LogP contribution is 2.42. The molecule has 0 unspecified atom stereocenters. The Morgan fingerprint density at radius 3 is 1.84 bits per heavy atom. The van der Waals surface area contributed by atoms with Crippen molar-refractivity contribution in [3.63, 3.8) is 0 Å². The molecule has 6 amide bonds. The predicted octanol–water partition coefficient (Wildman–Crippen LogP) is 7.61. The van der Waals surface area contributed by atoms with Gasteiger partial charge in [0.1, 0.15) is 28.1 Å². The lowest BCUT2D eigenvalue weighted by Gasteiger charge is -2.47. The van der Waals surface area contributed by atoms with Crippen LogP contribution in [-0.4, -0.2) is 125 Å². The van der Waals surface area contributed by atoms with Crippen molar-refractivity contribution in [2.24, 2.45) is 11.8 Å². The molecule has 4 heterocycles. The largest absolute Gasteiger partial charge is 0.496 e. The van der Waals surface area contributed by atoms with Gasteiger partial charge in [0.25, 0.3) is 11.8 Å². The average Bonchev–Trinajstić information content (AvgIpc) is 4.27. The number of aromatic nitrogens is 2. The van der Waals surface area contributed by atoms with Crippen LogP contribution in [0.25, 0.3) is 6.20 Å². The van der Waals surface area contributed by atoms with Crippen molar-refractivity contribution in [3.05, 3.63) is 77.6 Å². The Bertz CT molecular complexity index is 2790. The van der Waals surface area contributed by atoms with Gasteiger partial charge in [-0.1, -0.05) is 41.4 Å². The summed E-state index contributed by atoms with van der Waals surface area (Å²) in [6.07, 6.45) is 11.5. The molecule has 2 aromatic carbocycles. The Morgan fingerprint density at radius 1 is 0.729 bits per heavy atom. The molecule has 2 saturated carbocycles. The number of rotatable bonds is 15. The number of hydrogen-bond acceptors (Lipinski definition) is 13. The topological polar surface area (TPSA) is 175 Å². The highest BCUT2D eigenvalue weighted by Gasteiger charge is 2.41. The molecular weight excluding hydrogens is 969 g/mol. The predicted molar refractivity (Wildman–Crippen MR) is 272 cm³/mol. The van der Waals surface area contributed by atoms with Crippen LogP contribution in [0, 0.1) is 25.7 Å². The van der Waals surface area contributed by atoms with Gasteiger partial charge in [-0.25, -0.2) is 15.1 Å². The van der Waals surface area contributed by atoms with Gasteiger partial charge in [-0.05, 0) is 120 Å². The van der Waals surface area contributed by atoms with Crippen LogP contribution in [-0.2, 0) is 19.2 Å². The summed E-state index contributed by atoms with van der Waals surface area (Å²) in [4.78, 5) is 93.6. The number of piperazine rings is 2. The van der Waals surface area contributed by atoms with Crippen LogP contribution in [0.5, 0.6) is 11.5 Å². The van der Waals surface area contributed by atoms with E-state index in [9.17, 15) is 28.8 Å². The fourth-order valence-electron chi connectivity index (χ4n) is 8.63. The molecule has 2 aliphatic heterocycles. The minimum Gasteiger partial charge on any atom is -0.496 e. The number of anilines is 2. The lowest BCUT2D eigenvalue weighted by Crippen LogP contribution is -2.62. The van der Waals surface area contributed by atoms with Crippen molar-refractivity contribution < 1.29 is 42.8 Å². The zero-order valence-corrected chi connectivity index (χ0v) is 44.0. The highest BCUT2D eigenvalue weighted by atomic mass is 32.2. The molecule has 2 aromatic heterocycles. The Hall–Kier alpha value is -5.70. The maximum absolute atomic E-state index is 14.4. The second-order valence-corrected chi connectivity index (χ2v) is 23.9. The Kier molecular flexibility index (Phi) is 14.9. The molecular formula is C50H59N8O8S4+. The third-order valence-corrected chi connectivity index (χ3v) is 17.3. The van der Waals surface area contributed by atoms with Gasteiger partial charge in [0.05, 0.1) is 52.7 Å². The fraction of sp³-hybridized carbons (Fsp3) is 0.440. The third kappa shape index (κ3) is 11.2. The van der Waals surface area contributed by atoms with Crippen LogP contribution in [0.2, 0.25) is 0 Å². The summed E-state index contributed by atoms with van der Waals surface area (Å²) in [7, 11) is 3.08.